The molecule has 5 heteroatoms. The first-order valence-electron chi connectivity index (χ1n) is 6.48. The molecule has 0 amide bonds. The van der Waals surface area contributed by atoms with Crippen molar-refractivity contribution < 1.29 is 4.74 Å². The minimum atomic E-state index is 0.410. The van der Waals surface area contributed by atoms with E-state index >= 15 is 0 Å². The molecule has 0 aliphatic rings. The zero-order chi connectivity index (χ0) is 14.8. The molecule has 1 aromatic heterocycles. The molecule has 0 unspecified atom stereocenters. The van der Waals surface area contributed by atoms with Gasteiger partial charge in [0.05, 0.1) is 30.6 Å². The molecule has 0 saturated heterocycles. The molecule has 0 atom stereocenters. The molecular formula is C16H13N3OS. The highest BCUT2D eigenvalue weighted by Crippen LogP contribution is 2.24. The molecule has 0 aliphatic carbocycles. The number of rotatable bonds is 3. The average Bonchev–Trinajstić information content (AvgIpc) is 2.83. The van der Waals surface area contributed by atoms with Crippen LogP contribution in [0.15, 0.2) is 42.5 Å². The van der Waals surface area contributed by atoms with Crippen LogP contribution in [0.5, 0.6) is 5.75 Å². The standard InChI is InChI=1S/C16H13N3OS/c1-20-13-6-7-14-15(10-13)19(16(21)18-14)12-4-2-11(3-5-12)8-9-17/h2-7,10H,8H2,1H3,(H,18,21). The monoisotopic (exact) mass is 295 g/mol. The van der Waals surface area contributed by atoms with Crippen LogP contribution in [0, 0.1) is 16.1 Å². The van der Waals surface area contributed by atoms with Crippen molar-refractivity contribution in [1.82, 2.24) is 9.55 Å². The zero-order valence-electron chi connectivity index (χ0n) is 11.5. The third kappa shape index (κ3) is 2.41. The van der Waals surface area contributed by atoms with Gasteiger partial charge in [0, 0.05) is 11.8 Å². The Morgan fingerprint density at radius 3 is 2.67 bits per heavy atom. The first-order valence-corrected chi connectivity index (χ1v) is 6.89. The predicted octanol–water partition coefficient (Wildman–Crippen LogP) is 3.76. The molecule has 0 bridgehead atoms. The van der Waals surface area contributed by atoms with Crippen LogP contribution >= 0.6 is 12.2 Å². The van der Waals surface area contributed by atoms with Crippen LogP contribution in [0.3, 0.4) is 0 Å². The summed E-state index contributed by atoms with van der Waals surface area (Å²) in [6, 6.07) is 15.8. The molecule has 0 aliphatic heterocycles. The van der Waals surface area contributed by atoms with E-state index in [0.29, 0.717) is 11.2 Å². The van der Waals surface area contributed by atoms with Crippen LogP contribution in [0.2, 0.25) is 0 Å². The smallest absolute Gasteiger partial charge is 0.182 e. The number of nitrogens with zero attached hydrogens (tertiary/aromatic N) is 2. The summed E-state index contributed by atoms with van der Waals surface area (Å²) in [7, 11) is 1.64. The van der Waals surface area contributed by atoms with E-state index in [-0.39, 0.29) is 0 Å². The molecule has 21 heavy (non-hydrogen) atoms. The molecule has 0 spiro atoms. The van der Waals surface area contributed by atoms with Gasteiger partial charge >= 0.3 is 0 Å². The lowest BCUT2D eigenvalue weighted by molar-refractivity contribution is 0.415. The van der Waals surface area contributed by atoms with Gasteiger partial charge in [0.25, 0.3) is 0 Å². The SMILES string of the molecule is COc1ccc2[nH]c(=S)n(-c3ccc(CC#N)cc3)c2c1. The van der Waals surface area contributed by atoms with Crippen LogP contribution in [-0.4, -0.2) is 16.7 Å². The topological polar surface area (TPSA) is 53.7 Å². The van der Waals surface area contributed by atoms with Crippen molar-refractivity contribution in [2.45, 2.75) is 6.42 Å². The number of imidazole rings is 1. The fourth-order valence-corrected chi connectivity index (χ4v) is 2.63. The summed E-state index contributed by atoms with van der Waals surface area (Å²) in [5.74, 6) is 0.784. The average molecular weight is 295 g/mol. The van der Waals surface area contributed by atoms with E-state index in [9.17, 15) is 0 Å². The van der Waals surface area contributed by atoms with Crippen LogP contribution < -0.4 is 4.74 Å². The summed E-state index contributed by atoms with van der Waals surface area (Å²) in [4.78, 5) is 3.19. The minimum absolute atomic E-state index is 0.410. The van der Waals surface area contributed by atoms with E-state index in [4.69, 9.17) is 22.2 Å². The van der Waals surface area contributed by atoms with Crippen molar-refractivity contribution in [2.24, 2.45) is 0 Å². The molecular weight excluding hydrogens is 282 g/mol. The van der Waals surface area contributed by atoms with Crippen molar-refractivity contribution in [3.63, 3.8) is 0 Å². The van der Waals surface area contributed by atoms with E-state index in [0.717, 1.165) is 28.0 Å². The number of ether oxygens (including phenoxy) is 1. The molecule has 0 radical (unpaired) electrons. The summed E-state index contributed by atoms with van der Waals surface area (Å²) in [6.07, 6.45) is 0.410. The Morgan fingerprint density at radius 2 is 2.00 bits per heavy atom. The van der Waals surface area contributed by atoms with Crippen molar-refractivity contribution >= 4 is 23.3 Å². The molecule has 1 heterocycles. The van der Waals surface area contributed by atoms with Gasteiger partial charge < -0.3 is 9.72 Å². The van der Waals surface area contributed by atoms with Crippen molar-refractivity contribution in [2.75, 3.05) is 7.11 Å². The number of H-pyrrole nitrogens is 1. The lowest BCUT2D eigenvalue weighted by Gasteiger charge is -2.06. The summed E-state index contributed by atoms with van der Waals surface area (Å²) >= 11 is 5.41. The molecule has 3 aromatic rings. The summed E-state index contributed by atoms with van der Waals surface area (Å²) in [5.41, 5.74) is 3.88. The lowest BCUT2D eigenvalue weighted by Crippen LogP contribution is -1.95. The fourth-order valence-electron chi connectivity index (χ4n) is 2.32. The first-order chi connectivity index (χ1) is 10.2. The number of hydrogen-bond donors (Lipinski definition) is 1. The van der Waals surface area contributed by atoms with E-state index in [2.05, 4.69) is 11.1 Å². The molecule has 1 N–H and O–H groups in total. The van der Waals surface area contributed by atoms with Gasteiger partial charge in [-0.1, -0.05) is 12.1 Å². The minimum Gasteiger partial charge on any atom is -0.497 e. The number of hydrogen-bond acceptors (Lipinski definition) is 3. The number of nitrogens with one attached hydrogen (secondary N) is 1. The van der Waals surface area contributed by atoms with Crippen LogP contribution in [0.1, 0.15) is 5.56 Å². The van der Waals surface area contributed by atoms with Gasteiger partial charge in [-0.15, -0.1) is 0 Å². The highest BCUT2D eigenvalue weighted by molar-refractivity contribution is 7.71. The van der Waals surface area contributed by atoms with Gasteiger partial charge in [0.15, 0.2) is 4.77 Å². The zero-order valence-corrected chi connectivity index (χ0v) is 12.3. The van der Waals surface area contributed by atoms with Gasteiger partial charge in [-0.3, -0.25) is 4.57 Å². The Hall–Kier alpha value is -2.58. The highest BCUT2D eigenvalue weighted by Gasteiger charge is 2.07. The van der Waals surface area contributed by atoms with E-state index in [1.165, 1.54) is 0 Å². The van der Waals surface area contributed by atoms with Crippen molar-refractivity contribution in [3.05, 3.63) is 52.8 Å². The summed E-state index contributed by atoms with van der Waals surface area (Å²) in [6.45, 7) is 0. The lowest BCUT2D eigenvalue weighted by atomic mass is 10.1. The molecule has 0 fully saturated rings. The molecule has 3 rings (SSSR count). The van der Waals surface area contributed by atoms with Crippen LogP contribution in [-0.2, 0) is 6.42 Å². The second-order valence-electron chi connectivity index (χ2n) is 4.65. The second-order valence-corrected chi connectivity index (χ2v) is 5.04. The maximum Gasteiger partial charge on any atom is 0.182 e. The Bertz CT molecular complexity index is 885. The molecule has 2 aromatic carbocycles. The Kier molecular flexibility index (Phi) is 3.46. The van der Waals surface area contributed by atoms with Gasteiger partial charge in [0.1, 0.15) is 5.75 Å². The van der Waals surface area contributed by atoms with Crippen molar-refractivity contribution in [1.29, 1.82) is 5.26 Å². The van der Waals surface area contributed by atoms with Gasteiger partial charge in [0.2, 0.25) is 0 Å². The molecule has 4 nitrogen and oxygen atoms in total. The van der Waals surface area contributed by atoms with Crippen LogP contribution in [0.25, 0.3) is 16.7 Å². The third-order valence-electron chi connectivity index (χ3n) is 3.37. The fraction of sp³-hybridized carbons (Fsp3) is 0.125. The number of benzene rings is 2. The Morgan fingerprint density at radius 1 is 1.24 bits per heavy atom. The number of methoxy groups -OCH3 is 1. The van der Waals surface area contributed by atoms with E-state index < -0.39 is 0 Å². The van der Waals surface area contributed by atoms with E-state index in [1.807, 2.05) is 47.0 Å². The Balaban J connectivity index is 2.17. The van der Waals surface area contributed by atoms with E-state index in [1.54, 1.807) is 7.11 Å². The predicted molar refractivity (Wildman–Crippen MR) is 84.3 cm³/mol. The molecule has 104 valence electrons. The number of aromatic amines is 1. The maximum absolute atomic E-state index is 8.73. The normalized spacial score (nSPS) is 10.5. The quantitative estimate of drug-likeness (QED) is 0.748. The largest absolute Gasteiger partial charge is 0.497 e. The summed E-state index contributed by atoms with van der Waals surface area (Å²) in [5, 5.41) is 8.73. The van der Waals surface area contributed by atoms with Gasteiger partial charge in [-0.2, -0.15) is 5.26 Å². The van der Waals surface area contributed by atoms with Crippen LogP contribution in [0.4, 0.5) is 0 Å². The number of nitriles is 1. The number of fused-ring (bicyclic) bond motifs is 1. The third-order valence-corrected chi connectivity index (χ3v) is 3.65. The highest BCUT2D eigenvalue weighted by atomic mass is 32.1. The Labute approximate surface area is 127 Å². The second kappa shape index (κ2) is 5.43. The van der Waals surface area contributed by atoms with Crippen molar-refractivity contribution in [3.8, 4) is 17.5 Å². The summed E-state index contributed by atoms with van der Waals surface area (Å²) < 4.78 is 7.87. The van der Waals surface area contributed by atoms with Gasteiger partial charge in [-0.05, 0) is 42.0 Å². The number of aromatic nitrogens is 2. The first kappa shape index (κ1) is 13.4. The molecule has 0 saturated carbocycles. The van der Waals surface area contributed by atoms with Gasteiger partial charge in [-0.25, -0.2) is 0 Å². The maximum atomic E-state index is 8.73.